The Labute approximate surface area is 127 Å². The summed E-state index contributed by atoms with van der Waals surface area (Å²) in [5, 5.41) is 2.01. The summed E-state index contributed by atoms with van der Waals surface area (Å²) in [6.07, 6.45) is -3.55. The number of benzene rings is 1. The minimum atomic E-state index is -5.09. The summed E-state index contributed by atoms with van der Waals surface area (Å²) >= 11 is 0. The van der Waals surface area contributed by atoms with Gasteiger partial charge in [0.15, 0.2) is 17.0 Å². The number of nitrogens with zero attached hydrogens (tertiary/aromatic N) is 1. The molecule has 3 rings (SSSR count). The molecule has 1 heterocycles. The number of rotatable bonds is 0. The largest absolute Gasteiger partial charge is 0.414 e. The molecule has 1 N–H and O–H groups in total. The minimum absolute atomic E-state index is 0.213. The van der Waals surface area contributed by atoms with Gasteiger partial charge in [-0.05, 0) is 25.0 Å². The first-order valence-corrected chi connectivity index (χ1v) is 6.69. The van der Waals surface area contributed by atoms with Crippen LogP contribution in [0.5, 0.6) is 0 Å². The zero-order valence-corrected chi connectivity index (χ0v) is 11.5. The van der Waals surface area contributed by atoms with Crippen molar-refractivity contribution < 1.29 is 26.7 Å². The van der Waals surface area contributed by atoms with E-state index in [4.69, 9.17) is 0 Å². The van der Waals surface area contributed by atoms with E-state index in [0.29, 0.717) is 18.9 Å². The summed E-state index contributed by atoms with van der Waals surface area (Å²) in [7, 11) is 0. The summed E-state index contributed by atoms with van der Waals surface area (Å²) < 4.78 is 69.0. The van der Waals surface area contributed by atoms with Crippen molar-refractivity contribution in [2.24, 2.45) is 10.9 Å². The maximum Gasteiger partial charge on any atom is 0.414 e. The van der Waals surface area contributed by atoms with Crippen LogP contribution in [0.25, 0.3) is 0 Å². The Morgan fingerprint density at radius 2 is 1.96 bits per heavy atom. The van der Waals surface area contributed by atoms with Crippen molar-refractivity contribution in [2.75, 3.05) is 5.32 Å². The lowest BCUT2D eigenvalue weighted by Gasteiger charge is -2.28. The average molecular weight is 328 g/mol. The molecule has 0 saturated heterocycles. The molecule has 1 atom stereocenters. The first kappa shape index (κ1) is 15.5. The van der Waals surface area contributed by atoms with Gasteiger partial charge in [0.1, 0.15) is 0 Å². The number of alkyl halides is 3. The Bertz CT molecular complexity index is 771. The van der Waals surface area contributed by atoms with Crippen LogP contribution in [-0.4, -0.2) is 18.4 Å². The third-order valence-corrected chi connectivity index (χ3v) is 3.60. The van der Waals surface area contributed by atoms with Crippen LogP contribution < -0.4 is 5.32 Å². The molecule has 1 aliphatic carbocycles. The fourth-order valence-corrected chi connectivity index (χ4v) is 2.23. The summed E-state index contributed by atoms with van der Waals surface area (Å²) in [5.74, 6) is 1.03. The number of amides is 2. The van der Waals surface area contributed by atoms with E-state index >= 15 is 0 Å². The SMILES string of the molecule is O=C1N=C[C@@](C#CC2CC2)(C(F)(F)F)c2c(ccc(F)c2F)N1. The zero-order chi connectivity index (χ0) is 16.8. The highest BCUT2D eigenvalue weighted by atomic mass is 19.4. The van der Waals surface area contributed by atoms with Crippen molar-refractivity contribution >= 4 is 17.9 Å². The van der Waals surface area contributed by atoms with Crippen LogP contribution in [0.2, 0.25) is 0 Å². The normalized spacial score (nSPS) is 23.4. The van der Waals surface area contributed by atoms with Crippen LogP contribution in [0.4, 0.5) is 32.4 Å². The van der Waals surface area contributed by atoms with Crippen molar-refractivity contribution in [1.29, 1.82) is 0 Å². The molecule has 0 spiro atoms. The van der Waals surface area contributed by atoms with E-state index in [1.807, 2.05) is 11.2 Å². The van der Waals surface area contributed by atoms with Crippen LogP contribution in [-0.2, 0) is 5.41 Å². The summed E-state index contributed by atoms with van der Waals surface area (Å²) in [5.41, 5.74) is -4.77. The zero-order valence-electron chi connectivity index (χ0n) is 11.5. The number of carbonyl (C=O) groups is 1. The number of aliphatic imine (C=N–C) groups is 1. The maximum absolute atomic E-state index is 14.2. The molecule has 1 fully saturated rings. The van der Waals surface area contributed by atoms with Crippen molar-refractivity contribution in [3.05, 3.63) is 29.3 Å². The molecule has 1 saturated carbocycles. The van der Waals surface area contributed by atoms with Gasteiger partial charge in [-0.3, -0.25) is 0 Å². The van der Waals surface area contributed by atoms with Gasteiger partial charge in [-0.25, -0.2) is 18.6 Å². The molecule has 8 heteroatoms. The van der Waals surface area contributed by atoms with Crippen molar-refractivity contribution in [1.82, 2.24) is 0 Å². The second kappa shape index (κ2) is 5.05. The molecule has 0 unspecified atom stereocenters. The van der Waals surface area contributed by atoms with Gasteiger partial charge in [-0.2, -0.15) is 13.2 Å². The standard InChI is InChI=1S/C15H9F5N2O/c16-9-3-4-10-11(12(9)17)14(15(18,19)20,6-5-8-1-2-8)7-21-13(23)22-10/h3-4,7-8H,1-2H2,(H,22,23)/t14-/m1/s1. The maximum atomic E-state index is 14.2. The number of anilines is 1. The van der Waals surface area contributed by atoms with Crippen LogP contribution >= 0.6 is 0 Å². The van der Waals surface area contributed by atoms with Crippen LogP contribution in [0, 0.1) is 29.4 Å². The Balaban J connectivity index is 2.34. The first-order valence-electron chi connectivity index (χ1n) is 6.69. The molecule has 120 valence electrons. The highest BCUT2D eigenvalue weighted by Crippen LogP contribution is 2.45. The second-order valence-electron chi connectivity index (χ2n) is 5.32. The van der Waals surface area contributed by atoms with Gasteiger partial charge in [-0.15, -0.1) is 0 Å². The number of hydrogen-bond donors (Lipinski definition) is 1. The third-order valence-electron chi connectivity index (χ3n) is 3.60. The fraction of sp³-hybridized carbons (Fsp3) is 0.333. The minimum Gasteiger partial charge on any atom is -0.306 e. The van der Waals surface area contributed by atoms with E-state index in [0.717, 1.165) is 6.07 Å². The number of nitrogens with one attached hydrogen (secondary N) is 1. The molecule has 2 aliphatic rings. The van der Waals surface area contributed by atoms with E-state index in [2.05, 4.69) is 10.9 Å². The van der Waals surface area contributed by atoms with E-state index in [1.54, 1.807) is 0 Å². The molecule has 3 nitrogen and oxygen atoms in total. The lowest BCUT2D eigenvalue weighted by atomic mass is 9.79. The van der Waals surface area contributed by atoms with E-state index in [-0.39, 0.29) is 12.1 Å². The van der Waals surface area contributed by atoms with E-state index < -0.39 is 40.5 Å². The monoisotopic (exact) mass is 328 g/mol. The number of hydrogen-bond acceptors (Lipinski definition) is 1. The number of carbonyl (C=O) groups excluding carboxylic acids is 1. The lowest BCUT2D eigenvalue weighted by Crippen LogP contribution is -2.43. The Morgan fingerprint density at radius 1 is 1.26 bits per heavy atom. The van der Waals surface area contributed by atoms with Gasteiger partial charge in [0.05, 0.1) is 5.69 Å². The average Bonchev–Trinajstić information content (AvgIpc) is 3.27. The Kier molecular flexibility index (Phi) is 3.39. The van der Waals surface area contributed by atoms with Gasteiger partial charge in [0.25, 0.3) is 0 Å². The van der Waals surface area contributed by atoms with Gasteiger partial charge in [0, 0.05) is 17.7 Å². The highest BCUT2D eigenvalue weighted by molar-refractivity contribution is 6.02. The van der Waals surface area contributed by atoms with Crippen molar-refractivity contribution in [3.63, 3.8) is 0 Å². The summed E-state index contributed by atoms with van der Waals surface area (Å²) in [4.78, 5) is 14.6. The van der Waals surface area contributed by atoms with Crippen LogP contribution in [0.1, 0.15) is 18.4 Å². The smallest absolute Gasteiger partial charge is 0.306 e. The summed E-state index contributed by atoms with van der Waals surface area (Å²) in [6, 6.07) is 0.381. The number of fused-ring (bicyclic) bond motifs is 1. The number of urea groups is 1. The first-order chi connectivity index (χ1) is 10.7. The lowest BCUT2D eigenvalue weighted by molar-refractivity contribution is -0.153. The molecule has 0 aromatic heterocycles. The molecule has 1 aromatic rings. The van der Waals surface area contributed by atoms with E-state index in [1.165, 1.54) is 0 Å². The van der Waals surface area contributed by atoms with Crippen molar-refractivity contribution in [2.45, 2.75) is 24.4 Å². The molecule has 1 aromatic carbocycles. The van der Waals surface area contributed by atoms with Crippen LogP contribution in [0.15, 0.2) is 17.1 Å². The quantitative estimate of drug-likeness (QED) is 0.571. The molecule has 0 bridgehead atoms. The number of halogens is 5. The molecule has 0 radical (unpaired) electrons. The predicted octanol–water partition coefficient (Wildman–Crippen LogP) is 3.79. The predicted molar refractivity (Wildman–Crippen MR) is 72.1 cm³/mol. The van der Waals surface area contributed by atoms with Gasteiger partial charge in [-0.1, -0.05) is 11.8 Å². The highest BCUT2D eigenvalue weighted by Gasteiger charge is 2.58. The molecule has 1 aliphatic heterocycles. The summed E-state index contributed by atoms with van der Waals surface area (Å²) in [6.45, 7) is 0. The molecule has 2 amide bonds. The van der Waals surface area contributed by atoms with Gasteiger partial charge >= 0.3 is 12.2 Å². The second-order valence-corrected chi connectivity index (χ2v) is 5.32. The van der Waals surface area contributed by atoms with E-state index in [9.17, 15) is 26.7 Å². The van der Waals surface area contributed by atoms with Crippen molar-refractivity contribution in [3.8, 4) is 11.8 Å². The molecular formula is C15H9F5N2O. The van der Waals surface area contributed by atoms with Gasteiger partial charge in [0.2, 0.25) is 0 Å². The topological polar surface area (TPSA) is 41.5 Å². The Hall–Kier alpha value is -2.43. The molecule has 23 heavy (non-hydrogen) atoms. The van der Waals surface area contributed by atoms with Crippen LogP contribution in [0.3, 0.4) is 0 Å². The molecular weight excluding hydrogens is 319 g/mol. The Morgan fingerprint density at radius 3 is 2.57 bits per heavy atom. The fourth-order valence-electron chi connectivity index (χ4n) is 2.23. The third kappa shape index (κ3) is 2.56. The van der Waals surface area contributed by atoms with Gasteiger partial charge < -0.3 is 5.32 Å².